The van der Waals surface area contributed by atoms with Crippen molar-refractivity contribution < 1.29 is 37.9 Å². The highest BCUT2D eigenvalue weighted by molar-refractivity contribution is 8.03. The number of nitrogens with one attached hydrogen (secondary N) is 1. The number of aliphatic carboxylic acids is 1. The van der Waals surface area contributed by atoms with Gasteiger partial charge in [0.05, 0.1) is 6.04 Å². The second-order valence-electron chi connectivity index (χ2n) is 7.10. The summed E-state index contributed by atoms with van der Waals surface area (Å²) in [5, 5.41) is 30.7. The van der Waals surface area contributed by atoms with Crippen LogP contribution in [0.15, 0.2) is 32.9 Å². The number of aromatic nitrogens is 4. The van der Waals surface area contributed by atoms with Crippen molar-refractivity contribution in [3.8, 4) is 0 Å². The van der Waals surface area contributed by atoms with Crippen molar-refractivity contribution in [1.29, 1.82) is 0 Å². The summed E-state index contributed by atoms with van der Waals surface area (Å²) >= 11 is 1.54. The summed E-state index contributed by atoms with van der Waals surface area (Å²) in [5.74, 6) is -3.39. The number of thioether (sulfide) groups is 1. The molecule has 2 aromatic heterocycles. The fourth-order valence-corrected chi connectivity index (χ4v) is 4.92. The zero-order chi connectivity index (χ0) is 25.5. The number of carboxylic acids is 1. The summed E-state index contributed by atoms with van der Waals surface area (Å²) in [6.45, 7) is 0. The zero-order valence-electron chi connectivity index (χ0n) is 17.1. The predicted molar refractivity (Wildman–Crippen MR) is 112 cm³/mol. The Kier molecular flexibility index (Phi) is 6.32. The number of amides is 2. The third-order valence-electron chi connectivity index (χ3n) is 5.01. The van der Waals surface area contributed by atoms with Gasteiger partial charge in [-0.1, -0.05) is 16.9 Å². The quantitative estimate of drug-likeness (QED) is 0.177. The number of carbonyl (C=O) groups is 3. The van der Waals surface area contributed by atoms with Gasteiger partial charge in [0, 0.05) is 16.4 Å². The molecule has 1 fully saturated rings. The molecule has 184 valence electrons. The number of nitrogens with zero attached hydrogens (tertiary/aromatic N) is 6. The molecule has 0 aromatic carbocycles. The van der Waals surface area contributed by atoms with Gasteiger partial charge in [0.25, 0.3) is 11.8 Å². The number of oxime groups is 1. The Balaban J connectivity index is 1.51. The number of hydrogen-bond donors (Lipinski definition) is 4. The molecule has 1 saturated heterocycles. The molecular formula is C17H13F3N8O5S2. The van der Waals surface area contributed by atoms with Crippen molar-refractivity contribution >= 4 is 51.9 Å². The molecule has 2 atom stereocenters. The molecule has 2 aliphatic rings. The number of nitrogens with two attached hydrogens (primary N) is 1. The van der Waals surface area contributed by atoms with Crippen LogP contribution >= 0.6 is 23.3 Å². The highest BCUT2D eigenvalue weighted by Gasteiger charge is 2.54. The van der Waals surface area contributed by atoms with E-state index in [0.29, 0.717) is 6.07 Å². The lowest BCUT2D eigenvalue weighted by molar-refractivity contribution is -0.155. The maximum atomic E-state index is 12.8. The molecule has 5 N–H and O–H groups in total. The Morgan fingerprint density at radius 1 is 1.31 bits per heavy atom. The van der Waals surface area contributed by atoms with Gasteiger partial charge in [-0.3, -0.25) is 14.5 Å². The van der Waals surface area contributed by atoms with Crippen LogP contribution < -0.4 is 11.1 Å². The van der Waals surface area contributed by atoms with Crippen LogP contribution in [0.1, 0.15) is 24.4 Å². The standard InChI is InChI=1S/C17H13F3N8O5S2/c18-17(19,20)7-3-4-8(25-24-7)34-6-2-1-5-9(14(30)28(5)11(6)15(31)32)22-13(29)10(26-33)12-23-16(21)35-27-12/h3-5,9,33H,1-2H2,(H,22,29)(H,31,32)(H2,21,23,27)/b26-10-/t5-,9+/m1/s1. The second kappa shape index (κ2) is 9.10. The second-order valence-corrected chi connectivity index (χ2v) is 9.00. The highest BCUT2D eigenvalue weighted by Crippen LogP contribution is 2.42. The van der Waals surface area contributed by atoms with Gasteiger partial charge in [-0.2, -0.15) is 22.5 Å². The van der Waals surface area contributed by atoms with Gasteiger partial charge >= 0.3 is 12.1 Å². The van der Waals surface area contributed by atoms with Crippen molar-refractivity contribution in [2.75, 3.05) is 5.73 Å². The van der Waals surface area contributed by atoms with E-state index in [-0.39, 0.29) is 39.4 Å². The number of rotatable bonds is 6. The van der Waals surface area contributed by atoms with Crippen LogP contribution in [-0.4, -0.2) is 70.3 Å². The number of carboxylic acid groups (broad SMARTS) is 1. The Hall–Kier alpha value is -3.80. The number of nitrogen functional groups attached to an aromatic ring is 1. The number of anilines is 1. The Morgan fingerprint density at radius 3 is 2.60 bits per heavy atom. The number of halogens is 3. The van der Waals surface area contributed by atoms with Crippen LogP contribution in [0.5, 0.6) is 0 Å². The molecule has 2 aromatic rings. The van der Waals surface area contributed by atoms with Gasteiger partial charge in [-0.25, -0.2) is 4.79 Å². The molecule has 0 unspecified atom stereocenters. The van der Waals surface area contributed by atoms with E-state index in [4.69, 9.17) is 10.9 Å². The number of alkyl halides is 3. The molecule has 0 aliphatic carbocycles. The first kappa shape index (κ1) is 24.3. The fourth-order valence-electron chi connectivity index (χ4n) is 3.51. The summed E-state index contributed by atoms with van der Waals surface area (Å²) < 4.78 is 41.8. The summed E-state index contributed by atoms with van der Waals surface area (Å²) in [6, 6.07) is -0.0568. The molecule has 0 spiro atoms. The lowest BCUT2D eigenvalue weighted by Gasteiger charge is -2.50. The van der Waals surface area contributed by atoms with Gasteiger partial charge in [0.2, 0.25) is 11.5 Å². The lowest BCUT2D eigenvalue weighted by atomic mass is 9.86. The van der Waals surface area contributed by atoms with Gasteiger partial charge in [0.15, 0.2) is 10.8 Å². The lowest BCUT2D eigenvalue weighted by Crippen LogP contribution is -2.72. The maximum absolute atomic E-state index is 12.8. The van der Waals surface area contributed by atoms with Crippen LogP contribution in [0.3, 0.4) is 0 Å². The third kappa shape index (κ3) is 4.61. The number of carbonyl (C=O) groups excluding carboxylic acids is 2. The molecule has 2 aliphatic heterocycles. The van der Waals surface area contributed by atoms with E-state index in [1.807, 2.05) is 0 Å². The SMILES string of the molecule is Nc1nc(/C(=N/O)C(=O)N[C@@H]2C(=O)N3C(C(=O)O)=C(Sc4ccc(C(F)(F)F)nn4)CC[C@H]23)ns1. The summed E-state index contributed by atoms with van der Waals surface area (Å²) in [5.41, 5.74) is 3.31. The summed E-state index contributed by atoms with van der Waals surface area (Å²) in [6.07, 6.45) is -4.30. The molecule has 4 heterocycles. The number of hydrogen-bond acceptors (Lipinski definition) is 12. The molecule has 18 heteroatoms. The van der Waals surface area contributed by atoms with Crippen LogP contribution in [0, 0.1) is 0 Å². The van der Waals surface area contributed by atoms with Crippen LogP contribution in [0.4, 0.5) is 18.3 Å². The molecule has 35 heavy (non-hydrogen) atoms. The Bertz CT molecular complexity index is 1260. The van der Waals surface area contributed by atoms with E-state index in [1.165, 1.54) is 0 Å². The highest BCUT2D eigenvalue weighted by atomic mass is 32.2. The fraction of sp³-hybridized carbons (Fsp3) is 0.294. The smallest absolute Gasteiger partial charge is 0.435 e. The normalized spacial score (nSPS) is 20.4. The van der Waals surface area contributed by atoms with E-state index >= 15 is 0 Å². The summed E-state index contributed by atoms with van der Waals surface area (Å²) in [4.78, 5) is 42.1. The van der Waals surface area contributed by atoms with Crippen LogP contribution in [0.25, 0.3) is 0 Å². The molecule has 0 saturated carbocycles. The van der Waals surface area contributed by atoms with Crippen molar-refractivity contribution in [2.24, 2.45) is 5.16 Å². The van der Waals surface area contributed by atoms with E-state index in [1.54, 1.807) is 0 Å². The molecule has 0 bridgehead atoms. The van der Waals surface area contributed by atoms with Gasteiger partial charge in [-0.15, -0.1) is 10.2 Å². The molecular weight excluding hydrogens is 517 g/mol. The first-order valence-corrected chi connectivity index (χ1v) is 11.1. The van der Waals surface area contributed by atoms with E-state index in [0.717, 1.165) is 34.3 Å². The van der Waals surface area contributed by atoms with Crippen molar-refractivity contribution in [3.05, 3.63) is 34.3 Å². The largest absolute Gasteiger partial charge is 0.477 e. The molecule has 2 amide bonds. The van der Waals surface area contributed by atoms with Crippen molar-refractivity contribution in [2.45, 2.75) is 36.1 Å². The average molecular weight is 530 g/mol. The van der Waals surface area contributed by atoms with E-state index in [9.17, 15) is 32.7 Å². The number of allylic oxidation sites excluding steroid dienone is 1. The van der Waals surface area contributed by atoms with Crippen molar-refractivity contribution in [3.63, 3.8) is 0 Å². The third-order valence-corrected chi connectivity index (χ3v) is 6.62. The number of β-lactam (4-membered cyclic amide) rings is 1. The summed E-state index contributed by atoms with van der Waals surface area (Å²) in [7, 11) is 0. The van der Waals surface area contributed by atoms with Gasteiger partial charge in [-0.05, 0) is 25.0 Å². The van der Waals surface area contributed by atoms with Gasteiger partial charge < -0.3 is 21.4 Å². The maximum Gasteiger partial charge on any atom is 0.435 e. The van der Waals surface area contributed by atoms with E-state index in [2.05, 4.69) is 30.0 Å². The molecule has 4 rings (SSSR count). The number of fused-ring (bicyclic) bond motifs is 1. The first-order chi connectivity index (χ1) is 16.5. The monoisotopic (exact) mass is 530 g/mol. The minimum atomic E-state index is -4.67. The minimum Gasteiger partial charge on any atom is -0.477 e. The topological polar surface area (TPSA) is 197 Å². The van der Waals surface area contributed by atoms with Gasteiger partial charge in [0.1, 0.15) is 16.8 Å². The Labute approximate surface area is 201 Å². The average Bonchev–Trinajstić information content (AvgIpc) is 3.23. The van der Waals surface area contributed by atoms with Crippen LogP contribution in [0.2, 0.25) is 0 Å². The predicted octanol–water partition coefficient (Wildman–Crippen LogP) is 0.685. The minimum absolute atomic E-state index is 0.0156. The van der Waals surface area contributed by atoms with Crippen molar-refractivity contribution in [1.82, 2.24) is 29.8 Å². The van der Waals surface area contributed by atoms with E-state index < -0.39 is 47.4 Å². The zero-order valence-corrected chi connectivity index (χ0v) is 18.7. The first-order valence-electron chi connectivity index (χ1n) is 9.52. The van der Waals surface area contributed by atoms with Crippen LogP contribution in [-0.2, 0) is 20.6 Å². The Morgan fingerprint density at radius 2 is 2.06 bits per heavy atom. The molecule has 0 radical (unpaired) electrons. The molecule has 13 nitrogen and oxygen atoms in total.